The Kier molecular flexibility index (Phi) is 6.41. The lowest BCUT2D eigenvalue weighted by atomic mass is 9.53. The van der Waals surface area contributed by atoms with Crippen LogP contribution in [0.15, 0.2) is 42.0 Å². The molecule has 2 aliphatic rings. The van der Waals surface area contributed by atoms with E-state index in [1.807, 2.05) is 30.3 Å². The predicted octanol–water partition coefficient (Wildman–Crippen LogP) is 5.11. The second-order valence-electron chi connectivity index (χ2n) is 8.72. The van der Waals surface area contributed by atoms with Gasteiger partial charge in [0.15, 0.2) is 0 Å². The fourth-order valence-electron chi connectivity index (χ4n) is 5.93. The molecule has 0 heterocycles. The molecule has 0 amide bonds. The highest BCUT2D eigenvalue weighted by atomic mass is 16.5. The van der Waals surface area contributed by atoms with E-state index in [9.17, 15) is 9.90 Å². The topological polar surface area (TPSA) is 46.5 Å². The Labute approximate surface area is 163 Å². The van der Waals surface area contributed by atoms with Crippen LogP contribution in [-0.2, 0) is 4.74 Å². The zero-order valence-corrected chi connectivity index (χ0v) is 17.1. The average molecular weight is 371 g/mol. The van der Waals surface area contributed by atoms with Gasteiger partial charge in [-0.15, -0.1) is 0 Å². The van der Waals surface area contributed by atoms with Crippen LogP contribution in [0.4, 0.5) is 0 Å². The molecule has 3 heteroatoms. The van der Waals surface area contributed by atoms with Crippen LogP contribution in [0.5, 0.6) is 0 Å². The van der Waals surface area contributed by atoms with E-state index in [1.54, 1.807) is 0 Å². The van der Waals surface area contributed by atoms with E-state index in [-0.39, 0.29) is 24.6 Å². The van der Waals surface area contributed by atoms with Crippen LogP contribution < -0.4 is 0 Å². The van der Waals surface area contributed by atoms with Crippen LogP contribution in [0, 0.1) is 35.5 Å². The van der Waals surface area contributed by atoms with Crippen LogP contribution in [0.2, 0.25) is 0 Å². The summed E-state index contributed by atoms with van der Waals surface area (Å²) in [7, 11) is 0. The van der Waals surface area contributed by atoms with E-state index < -0.39 is 0 Å². The summed E-state index contributed by atoms with van der Waals surface area (Å²) in [5, 5.41) is 10.3. The highest BCUT2D eigenvalue weighted by molar-refractivity contribution is 5.89. The smallest absolute Gasteiger partial charge is 0.338 e. The molecule has 0 unspecified atom stereocenters. The maximum absolute atomic E-state index is 12.6. The third-order valence-corrected chi connectivity index (χ3v) is 7.21. The van der Waals surface area contributed by atoms with Crippen molar-refractivity contribution < 1.29 is 14.6 Å². The monoisotopic (exact) mass is 370 g/mol. The summed E-state index contributed by atoms with van der Waals surface area (Å²) < 4.78 is 6.02. The molecule has 1 aromatic carbocycles. The molecule has 27 heavy (non-hydrogen) atoms. The minimum atomic E-state index is -0.214. The number of allylic oxidation sites excluding steroid dienone is 2. The van der Waals surface area contributed by atoms with Gasteiger partial charge in [-0.05, 0) is 80.8 Å². The van der Waals surface area contributed by atoms with Gasteiger partial charge in [-0.25, -0.2) is 4.79 Å². The molecule has 2 saturated carbocycles. The highest BCUT2D eigenvalue weighted by Crippen LogP contribution is 2.53. The number of benzene rings is 1. The molecule has 0 spiro atoms. The largest absolute Gasteiger partial charge is 0.458 e. The maximum Gasteiger partial charge on any atom is 0.338 e. The number of fused-ring (bicyclic) bond motifs is 1. The van der Waals surface area contributed by atoms with Crippen molar-refractivity contribution >= 4 is 5.97 Å². The number of aliphatic hydroxyl groups excluding tert-OH is 1. The lowest BCUT2D eigenvalue weighted by Gasteiger charge is -2.53. The molecular formula is C24H34O3. The fourth-order valence-corrected chi connectivity index (χ4v) is 5.93. The number of carbonyl (C=O) groups excluding carboxylic acids is 1. The Morgan fingerprint density at radius 3 is 2.52 bits per heavy atom. The summed E-state index contributed by atoms with van der Waals surface area (Å²) in [6, 6.07) is 9.29. The first-order valence-corrected chi connectivity index (χ1v) is 10.5. The van der Waals surface area contributed by atoms with E-state index in [1.165, 1.54) is 5.57 Å². The second kappa shape index (κ2) is 8.60. The quantitative estimate of drug-likeness (QED) is 0.592. The molecule has 0 saturated heterocycles. The lowest BCUT2D eigenvalue weighted by Crippen LogP contribution is -2.51. The lowest BCUT2D eigenvalue weighted by molar-refractivity contribution is -0.0933. The SMILES string of the molecule is CC=C(C)[C@H]1[C@@H](CO)[C@H]2[C@@H](C[C@@H]1C)[C@@H](OC(=O)c1ccccc1)CC[C@@H]2C. The Hall–Kier alpha value is -1.61. The zero-order valence-electron chi connectivity index (χ0n) is 17.1. The van der Waals surface area contributed by atoms with E-state index in [4.69, 9.17) is 4.74 Å². The van der Waals surface area contributed by atoms with Gasteiger partial charge < -0.3 is 9.84 Å². The first kappa shape index (κ1) is 20.1. The molecule has 1 N–H and O–H groups in total. The minimum absolute atomic E-state index is 0.0396. The molecule has 7 atom stereocenters. The van der Waals surface area contributed by atoms with Crippen molar-refractivity contribution in [1.29, 1.82) is 0 Å². The number of rotatable bonds is 4. The van der Waals surface area contributed by atoms with E-state index >= 15 is 0 Å². The summed E-state index contributed by atoms with van der Waals surface area (Å²) in [4.78, 5) is 12.6. The van der Waals surface area contributed by atoms with Crippen molar-refractivity contribution in [2.45, 2.75) is 53.1 Å². The fraction of sp³-hybridized carbons (Fsp3) is 0.625. The van der Waals surface area contributed by atoms with E-state index in [0.29, 0.717) is 35.2 Å². The molecule has 0 aliphatic heterocycles. The molecule has 3 rings (SSSR count). The first-order valence-electron chi connectivity index (χ1n) is 10.5. The van der Waals surface area contributed by atoms with Crippen molar-refractivity contribution in [3.8, 4) is 0 Å². The summed E-state index contributed by atoms with van der Waals surface area (Å²) in [5.74, 6) is 2.26. The molecule has 3 nitrogen and oxygen atoms in total. The third-order valence-electron chi connectivity index (χ3n) is 7.21. The predicted molar refractivity (Wildman–Crippen MR) is 108 cm³/mol. The van der Waals surface area contributed by atoms with E-state index in [0.717, 1.165) is 19.3 Å². The van der Waals surface area contributed by atoms with Crippen LogP contribution in [0.25, 0.3) is 0 Å². The van der Waals surface area contributed by atoms with Crippen LogP contribution in [0.1, 0.15) is 57.3 Å². The van der Waals surface area contributed by atoms with Gasteiger partial charge in [-0.3, -0.25) is 0 Å². The Morgan fingerprint density at radius 1 is 1.19 bits per heavy atom. The van der Waals surface area contributed by atoms with Crippen molar-refractivity contribution in [3.63, 3.8) is 0 Å². The highest BCUT2D eigenvalue weighted by Gasteiger charge is 2.50. The van der Waals surface area contributed by atoms with Crippen molar-refractivity contribution in [3.05, 3.63) is 47.5 Å². The van der Waals surface area contributed by atoms with Gasteiger partial charge in [0, 0.05) is 6.61 Å². The van der Waals surface area contributed by atoms with Crippen molar-refractivity contribution in [2.75, 3.05) is 6.61 Å². The molecular weight excluding hydrogens is 336 g/mol. The molecule has 0 bridgehead atoms. The normalized spacial score (nSPS) is 36.8. The standard InChI is InChI=1S/C24H34O3/c1-5-15(2)22-17(4)13-19-21(12-11-16(3)23(19)20(22)14-25)27-24(26)18-9-7-6-8-10-18/h5-10,16-17,19-23,25H,11-14H2,1-4H3/t16-,17-,19-,20+,21-,22+,23+/m0/s1. The minimum Gasteiger partial charge on any atom is -0.458 e. The number of ether oxygens (including phenoxy) is 1. The molecule has 1 aromatic rings. The van der Waals surface area contributed by atoms with Crippen LogP contribution in [-0.4, -0.2) is 23.8 Å². The molecule has 148 valence electrons. The Balaban J connectivity index is 1.83. The summed E-state index contributed by atoms with van der Waals surface area (Å²) >= 11 is 0. The summed E-state index contributed by atoms with van der Waals surface area (Å²) in [6.45, 7) is 9.12. The first-order chi connectivity index (χ1) is 13.0. The molecule has 2 aliphatic carbocycles. The van der Waals surface area contributed by atoms with E-state index in [2.05, 4.69) is 33.8 Å². The van der Waals surface area contributed by atoms with Gasteiger partial charge in [0.1, 0.15) is 6.10 Å². The Bertz CT molecular complexity index is 665. The summed E-state index contributed by atoms with van der Waals surface area (Å²) in [6.07, 6.45) is 5.21. The number of hydrogen-bond acceptors (Lipinski definition) is 3. The molecule has 0 aromatic heterocycles. The van der Waals surface area contributed by atoms with Crippen molar-refractivity contribution in [1.82, 2.24) is 0 Å². The second-order valence-corrected chi connectivity index (χ2v) is 8.72. The van der Waals surface area contributed by atoms with Gasteiger partial charge in [-0.1, -0.05) is 43.7 Å². The number of carbonyl (C=O) groups is 1. The average Bonchev–Trinajstić information content (AvgIpc) is 2.69. The molecule has 2 fully saturated rings. The number of hydrogen-bond donors (Lipinski definition) is 1. The van der Waals surface area contributed by atoms with Crippen LogP contribution in [0.3, 0.4) is 0 Å². The van der Waals surface area contributed by atoms with Gasteiger partial charge in [0.2, 0.25) is 0 Å². The van der Waals surface area contributed by atoms with Crippen molar-refractivity contribution in [2.24, 2.45) is 35.5 Å². The number of esters is 1. The van der Waals surface area contributed by atoms with Gasteiger partial charge in [0.25, 0.3) is 0 Å². The zero-order chi connectivity index (χ0) is 19.6. The van der Waals surface area contributed by atoms with Gasteiger partial charge in [-0.2, -0.15) is 0 Å². The van der Waals surface area contributed by atoms with Crippen LogP contribution >= 0.6 is 0 Å². The van der Waals surface area contributed by atoms with Gasteiger partial charge >= 0.3 is 5.97 Å². The maximum atomic E-state index is 12.6. The van der Waals surface area contributed by atoms with Gasteiger partial charge in [0.05, 0.1) is 5.56 Å². The molecule has 0 radical (unpaired) electrons. The third kappa shape index (κ3) is 3.99. The number of aliphatic hydroxyl groups is 1. The Morgan fingerprint density at radius 2 is 1.89 bits per heavy atom. The summed E-state index contributed by atoms with van der Waals surface area (Å²) in [5.41, 5.74) is 2.01.